The number of rotatable bonds is 7. The summed E-state index contributed by atoms with van der Waals surface area (Å²) in [4.78, 5) is 35.8. The number of aromatic nitrogens is 3. The lowest BCUT2D eigenvalue weighted by Crippen LogP contribution is -2.21. The second-order valence-corrected chi connectivity index (χ2v) is 9.76. The Labute approximate surface area is 217 Å². The lowest BCUT2D eigenvalue weighted by atomic mass is 10.1. The van der Waals surface area contributed by atoms with Crippen molar-refractivity contribution in [2.45, 2.75) is 33.2 Å². The zero-order chi connectivity index (χ0) is 25.9. The van der Waals surface area contributed by atoms with Crippen LogP contribution < -0.4 is 10.3 Å². The Morgan fingerprint density at radius 3 is 2.57 bits per heavy atom. The van der Waals surface area contributed by atoms with E-state index in [1.807, 2.05) is 24.4 Å². The van der Waals surface area contributed by atoms with Gasteiger partial charge in [0.05, 0.1) is 24.0 Å². The number of fused-ring (bicyclic) bond motifs is 1. The Bertz CT molecular complexity index is 1640. The van der Waals surface area contributed by atoms with Crippen molar-refractivity contribution in [2.75, 3.05) is 0 Å². The van der Waals surface area contributed by atoms with Crippen molar-refractivity contribution < 1.29 is 13.9 Å². The molecule has 6 nitrogen and oxygen atoms in total. The summed E-state index contributed by atoms with van der Waals surface area (Å²) in [6.07, 6.45) is 5.37. The summed E-state index contributed by atoms with van der Waals surface area (Å²) in [5.41, 5.74) is 3.84. The predicted octanol–water partition coefficient (Wildman–Crippen LogP) is 6.19. The van der Waals surface area contributed by atoms with Crippen LogP contribution in [0.1, 0.15) is 39.7 Å². The van der Waals surface area contributed by atoms with Crippen LogP contribution in [0.15, 0.2) is 78.0 Å². The van der Waals surface area contributed by atoms with Crippen LogP contribution in [0, 0.1) is 12.7 Å². The van der Waals surface area contributed by atoms with E-state index >= 15 is 0 Å². The Kier molecular flexibility index (Phi) is 6.92. The standard InChI is InChI=1S/C29H24FN3O3S/c1-3-5-19-8-13-24(31-15-19)21-9-11-23(12-10-21)36-29(35)26-18(2)25-27(37-26)32-17-33(28(25)34)16-20-6-4-7-22(30)14-20/h4,6-15,17H,3,5,16H2,1-2H3. The molecule has 5 aromatic rings. The highest BCUT2D eigenvalue weighted by Crippen LogP contribution is 2.29. The fourth-order valence-electron chi connectivity index (χ4n) is 4.18. The lowest BCUT2D eigenvalue weighted by molar-refractivity contribution is 0.0739. The molecule has 0 fully saturated rings. The second-order valence-electron chi connectivity index (χ2n) is 8.76. The molecule has 8 heteroatoms. The molecule has 0 unspecified atom stereocenters. The summed E-state index contributed by atoms with van der Waals surface area (Å²) in [5, 5.41) is 0.365. The maximum atomic E-state index is 13.6. The molecule has 0 aliphatic carbocycles. The Balaban J connectivity index is 1.35. The van der Waals surface area contributed by atoms with Crippen molar-refractivity contribution in [3.8, 4) is 17.0 Å². The van der Waals surface area contributed by atoms with Gasteiger partial charge in [-0.2, -0.15) is 0 Å². The van der Waals surface area contributed by atoms with Crippen LogP contribution in [0.25, 0.3) is 21.5 Å². The molecular formula is C29H24FN3O3S. The first-order valence-electron chi connectivity index (χ1n) is 11.9. The van der Waals surface area contributed by atoms with Gasteiger partial charge in [-0.25, -0.2) is 14.2 Å². The number of benzene rings is 2. The van der Waals surface area contributed by atoms with E-state index in [1.54, 1.807) is 31.2 Å². The van der Waals surface area contributed by atoms with Gasteiger partial charge in [-0.05, 0) is 72.5 Å². The topological polar surface area (TPSA) is 74.1 Å². The third-order valence-corrected chi connectivity index (χ3v) is 7.25. The SMILES string of the molecule is CCCc1ccc(-c2ccc(OC(=O)c3sc4ncn(Cc5cccc(F)c5)c(=O)c4c3C)cc2)nc1. The van der Waals surface area contributed by atoms with Crippen LogP contribution in [-0.4, -0.2) is 20.5 Å². The van der Waals surface area contributed by atoms with E-state index in [0.717, 1.165) is 35.4 Å². The molecule has 3 aromatic heterocycles. The van der Waals surface area contributed by atoms with Gasteiger partial charge >= 0.3 is 5.97 Å². The van der Waals surface area contributed by atoms with Crippen LogP contribution >= 0.6 is 11.3 Å². The van der Waals surface area contributed by atoms with Gasteiger partial charge in [0.1, 0.15) is 21.3 Å². The number of hydrogen-bond donors (Lipinski definition) is 0. The van der Waals surface area contributed by atoms with Crippen LogP contribution in [0.5, 0.6) is 5.75 Å². The number of esters is 1. The Morgan fingerprint density at radius 1 is 1.05 bits per heavy atom. The van der Waals surface area contributed by atoms with Crippen molar-refractivity contribution in [3.05, 3.63) is 111 Å². The molecule has 37 heavy (non-hydrogen) atoms. The van der Waals surface area contributed by atoms with Gasteiger partial charge in [0.2, 0.25) is 0 Å². The first kappa shape index (κ1) is 24.5. The molecule has 0 aliphatic heterocycles. The molecule has 0 radical (unpaired) electrons. The number of ether oxygens (including phenoxy) is 1. The maximum Gasteiger partial charge on any atom is 0.354 e. The Hall–Kier alpha value is -4.17. The number of hydrogen-bond acceptors (Lipinski definition) is 6. The Morgan fingerprint density at radius 2 is 1.86 bits per heavy atom. The van der Waals surface area contributed by atoms with E-state index < -0.39 is 5.97 Å². The van der Waals surface area contributed by atoms with Crippen molar-refractivity contribution in [1.29, 1.82) is 0 Å². The van der Waals surface area contributed by atoms with Crippen LogP contribution in [0.3, 0.4) is 0 Å². The summed E-state index contributed by atoms with van der Waals surface area (Å²) in [5.74, 6) is -0.526. The number of carbonyl (C=O) groups excluding carboxylic acids is 1. The monoisotopic (exact) mass is 513 g/mol. The average molecular weight is 514 g/mol. The number of halogens is 1. The lowest BCUT2D eigenvalue weighted by Gasteiger charge is -2.06. The highest BCUT2D eigenvalue weighted by molar-refractivity contribution is 7.20. The highest BCUT2D eigenvalue weighted by Gasteiger charge is 2.21. The molecule has 0 atom stereocenters. The maximum absolute atomic E-state index is 13.6. The third kappa shape index (κ3) is 5.20. The van der Waals surface area contributed by atoms with Crippen LogP contribution in [0.4, 0.5) is 4.39 Å². The van der Waals surface area contributed by atoms with Crippen molar-refractivity contribution >= 4 is 27.5 Å². The zero-order valence-electron chi connectivity index (χ0n) is 20.4. The minimum absolute atomic E-state index is 0.178. The first-order valence-corrected chi connectivity index (χ1v) is 12.7. The van der Waals surface area contributed by atoms with Gasteiger partial charge < -0.3 is 4.74 Å². The zero-order valence-corrected chi connectivity index (χ0v) is 21.2. The van der Waals surface area contributed by atoms with E-state index in [-0.39, 0.29) is 17.9 Å². The number of nitrogens with zero attached hydrogens (tertiary/aromatic N) is 3. The largest absolute Gasteiger partial charge is 0.422 e. The molecule has 0 N–H and O–H groups in total. The molecule has 3 heterocycles. The minimum Gasteiger partial charge on any atom is -0.422 e. The molecule has 0 saturated heterocycles. The summed E-state index contributed by atoms with van der Waals surface area (Å²) in [7, 11) is 0. The summed E-state index contributed by atoms with van der Waals surface area (Å²) >= 11 is 1.12. The molecular weight excluding hydrogens is 489 g/mol. The predicted molar refractivity (Wildman–Crippen MR) is 143 cm³/mol. The number of carbonyl (C=O) groups is 1. The first-order chi connectivity index (χ1) is 17.9. The van der Waals surface area contributed by atoms with E-state index in [9.17, 15) is 14.0 Å². The normalized spacial score (nSPS) is 11.1. The summed E-state index contributed by atoms with van der Waals surface area (Å²) in [6.45, 7) is 4.02. The second kappa shape index (κ2) is 10.4. The van der Waals surface area contributed by atoms with Crippen molar-refractivity contribution in [2.24, 2.45) is 0 Å². The van der Waals surface area contributed by atoms with E-state index in [4.69, 9.17) is 4.74 Å². The van der Waals surface area contributed by atoms with Gasteiger partial charge in [-0.1, -0.05) is 31.5 Å². The van der Waals surface area contributed by atoms with Gasteiger partial charge in [0, 0.05) is 11.8 Å². The van der Waals surface area contributed by atoms with E-state index in [2.05, 4.69) is 23.0 Å². The average Bonchev–Trinajstić information content (AvgIpc) is 3.24. The fourth-order valence-corrected chi connectivity index (χ4v) is 5.19. The molecule has 0 saturated carbocycles. The highest BCUT2D eigenvalue weighted by atomic mass is 32.1. The molecule has 0 bridgehead atoms. The summed E-state index contributed by atoms with van der Waals surface area (Å²) in [6, 6.07) is 17.3. The van der Waals surface area contributed by atoms with Crippen molar-refractivity contribution in [3.63, 3.8) is 0 Å². The molecule has 0 spiro atoms. The molecule has 186 valence electrons. The smallest absolute Gasteiger partial charge is 0.354 e. The molecule has 0 aliphatic rings. The van der Waals surface area contributed by atoms with E-state index in [0.29, 0.717) is 32.0 Å². The van der Waals surface area contributed by atoms with Gasteiger partial charge in [0.15, 0.2) is 0 Å². The number of pyridine rings is 1. The van der Waals surface area contributed by atoms with Crippen LogP contribution in [0.2, 0.25) is 0 Å². The van der Waals surface area contributed by atoms with Gasteiger partial charge in [-0.15, -0.1) is 11.3 Å². The molecule has 0 amide bonds. The van der Waals surface area contributed by atoms with Gasteiger partial charge in [0.25, 0.3) is 5.56 Å². The number of thiophene rings is 1. The third-order valence-electron chi connectivity index (χ3n) is 6.07. The summed E-state index contributed by atoms with van der Waals surface area (Å²) < 4.78 is 20.6. The van der Waals surface area contributed by atoms with Crippen molar-refractivity contribution in [1.82, 2.24) is 14.5 Å². The molecule has 2 aromatic carbocycles. The minimum atomic E-state index is -0.550. The molecule has 5 rings (SSSR count). The fraction of sp³-hybridized carbons (Fsp3) is 0.172. The quantitative estimate of drug-likeness (QED) is 0.192. The van der Waals surface area contributed by atoms with Crippen LogP contribution in [-0.2, 0) is 13.0 Å². The number of aryl methyl sites for hydroxylation is 2. The van der Waals surface area contributed by atoms with E-state index in [1.165, 1.54) is 28.6 Å². The van der Waals surface area contributed by atoms with Gasteiger partial charge in [-0.3, -0.25) is 14.3 Å².